The molecule has 1 aliphatic rings. The molecule has 6 heteroatoms. The van der Waals surface area contributed by atoms with E-state index in [1.807, 2.05) is 19.9 Å². The number of hydrogen-bond donors (Lipinski definition) is 1. The van der Waals surface area contributed by atoms with Crippen molar-refractivity contribution in [3.63, 3.8) is 0 Å². The highest BCUT2D eigenvalue weighted by atomic mass is 35.5. The summed E-state index contributed by atoms with van der Waals surface area (Å²) in [5, 5.41) is 3.22. The third kappa shape index (κ3) is 3.69. The Hall–Kier alpha value is -0.620. The highest BCUT2D eigenvalue weighted by Crippen LogP contribution is 2.19. The van der Waals surface area contributed by atoms with Crippen LogP contribution < -0.4 is 5.32 Å². The maximum absolute atomic E-state index is 12.5. The van der Waals surface area contributed by atoms with Gasteiger partial charge in [0.25, 0.3) is 0 Å². The van der Waals surface area contributed by atoms with Gasteiger partial charge in [0.15, 0.2) is 0 Å². The molecule has 0 amide bonds. The maximum atomic E-state index is 12.5. The SMILES string of the molecule is Cc1ccc(S(=O)(=O)N2CCCNCC2)cc1C.Cl. The van der Waals surface area contributed by atoms with Crippen molar-refractivity contribution in [2.75, 3.05) is 26.2 Å². The van der Waals surface area contributed by atoms with Crippen molar-refractivity contribution >= 4 is 22.4 Å². The van der Waals surface area contributed by atoms with Crippen molar-refractivity contribution in [3.05, 3.63) is 29.3 Å². The molecule has 2 rings (SSSR count). The monoisotopic (exact) mass is 304 g/mol. The molecule has 19 heavy (non-hydrogen) atoms. The van der Waals surface area contributed by atoms with Crippen LogP contribution in [-0.4, -0.2) is 38.9 Å². The summed E-state index contributed by atoms with van der Waals surface area (Å²) in [5.41, 5.74) is 2.13. The van der Waals surface area contributed by atoms with E-state index < -0.39 is 10.0 Å². The van der Waals surface area contributed by atoms with Gasteiger partial charge in [-0.15, -0.1) is 12.4 Å². The van der Waals surface area contributed by atoms with Gasteiger partial charge in [-0.1, -0.05) is 6.07 Å². The molecule has 1 aliphatic heterocycles. The van der Waals surface area contributed by atoms with Crippen LogP contribution in [0.4, 0.5) is 0 Å². The molecular formula is C13H21ClN2O2S. The largest absolute Gasteiger partial charge is 0.315 e. The molecule has 4 nitrogen and oxygen atoms in total. The Morgan fingerprint density at radius 3 is 2.53 bits per heavy atom. The Bertz CT molecular complexity index is 523. The normalized spacial score (nSPS) is 17.6. The Kier molecular flexibility index (Phi) is 5.80. The van der Waals surface area contributed by atoms with Crippen LogP contribution in [0, 0.1) is 13.8 Å². The van der Waals surface area contributed by atoms with Crippen molar-refractivity contribution in [2.45, 2.75) is 25.2 Å². The Balaban J connectivity index is 0.00000180. The smallest absolute Gasteiger partial charge is 0.243 e. The number of sulfonamides is 1. The van der Waals surface area contributed by atoms with E-state index in [1.165, 1.54) is 0 Å². The number of halogens is 1. The third-order valence-corrected chi connectivity index (χ3v) is 5.31. The van der Waals surface area contributed by atoms with E-state index in [4.69, 9.17) is 0 Å². The molecule has 0 bridgehead atoms. The van der Waals surface area contributed by atoms with Gasteiger partial charge in [0, 0.05) is 19.6 Å². The molecule has 1 N–H and O–H groups in total. The first-order chi connectivity index (χ1) is 8.51. The van der Waals surface area contributed by atoms with Crippen LogP contribution in [-0.2, 0) is 10.0 Å². The van der Waals surface area contributed by atoms with Crippen molar-refractivity contribution in [1.29, 1.82) is 0 Å². The number of rotatable bonds is 2. The van der Waals surface area contributed by atoms with Gasteiger partial charge < -0.3 is 5.32 Å². The molecule has 1 fully saturated rings. The Morgan fingerprint density at radius 1 is 1.11 bits per heavy atom. The zero-order valence-corrected chi connectivity index (χ0v) is 13.0. The van der Waals surface area contributed by atoms with Gasteiger partial charge in [-0.05, 0) is 50.1 Å². The standard InChI is InChI=1S/C13H20N2O2S.ClH/c1-11-4-5-13(10-12(11)2)18(16,17)15-8-3-6-14-7-9-15;/h4-5,10,14H,3,6-9H2,1-2H3;1H. The van der Waals surface area contributed by atoms with Crippen molar-refractivity contribution in [2.24, 2.45) is 0 Å². The lowest BCUT2D eigenvalue weighted by Gasteiger charge is -2.20. The first-order valence-corrected chi connectivity index (χ1v) is 7.74. The molecule has 0 spiro atoms. The molecule has 0 radical (unpaired) electrons. The fourth-order valence-corrected chi connectivity index (χ4v) is 3.65. The van der Waals surface area contributed by atoms with Crippen LogP contribution in [0.25, 0.3) is 0 Å². The lowest BCUT2D eigenvalue weighted by atomic mass is 10.1. The van der Waals surface area contributed by atoms with Gasteiger partial charge in [-0.2, -0.15) is 4.31 Å². The summed E-state index contributed by atoms with van der Waals surface area (Å²) in [4.78, 5) is 0.410. The minimum Gasteiger partial charge on any atom is -0.315 e. The molecule has 0 aromatic heterocycles. The number of aryl methyl sites for hydroxylation is 2. The molecule has 0 aliphatic carbocycles. The van der Waals surface area contributed by atoms with Gasteiger partial charge >= 0.3 is 0 Å². The molecule has 1 heterocycles. The topological polar surface area (TPSA) is 49.4 Å². The molecule has 0 atom stereocenters. The van der Waals surface area contributed by atoms with Gasteiger partial charge in [0.2, 0.25) is 10.0 Å². The van der Waals surface area contributed by atoms with Gasteiger partial charge in [0.1, 0.15) is 0 Å². The first-order valence-electron chi connectivity index (χ1n) is 6.30. The maximum Gasteiger partial charge on any atom is 0.243 e. The van der Waals surface area contributed by atoms with Gasteiger partial charge in [-0.25, -0.2) is 8.42 Å². The summed E-state index contributed by atoms with van der Waals surface area (Å²) in [5.74, 6) is 0. The summed E-state index contributed by atoms with van der Waals surface area (Å²) in [6, 6.07) is 5.34. The number of nitrogens with one attached hydrogen (secondary N) is 1. The second-order valence-corrected chi connectivity index (χ2v) is 6.69. The van der Waals surface area contributed by atoms with Gasteiger partial charge in [0.05, 0.1) is 4.90 Å². The quantitative estimate of drug-likeness (QED) is 0.905. The molecule has 1 saturated heterocycles. The van der Waals surface area contributed by atoms with Crippen LogP contribution >= 0.6 is 12.4 Å². The number of hydrogen-bond acceptors (Lipinski definition) is 3. The van der Waals surface area contributed by atoms with Crippen LogP contribution in [0.15, 0.2) is 23.1 Å². The zero-order chi connectivity index (χ0) is 13.2. The van der Waals surface area contributed by atoms with Crippen molar-refractivity contribution < 1.29 is 8.42 Å². The van der Waals surface area contributed by atoms with Gasteiger partial charge in [-0.3, -0.25) is 0 Å². The van der Waals surface area contributed by atoms with Crippen LogP contribution in [0.5, 0.6) is 0 Å². The molecule has 1 aromatic rings. The molecule has 0 unspecified atom stereocenters. The van der Waals surface area contributed by atoms with E-state index in [9.17, 15) is 8.42 Å². The molecular weight excluding hydrogens is 284 g/mol. The highest BCUT2D eigenvalue weighted by molar-refractivity contribution is 7.89. The van der Waals surface area contributed by atoms with Crippen molar-refractivity contribution in [1.82, 2.24) is 9.62 Å². The lowest BCUT2D eigenvalue weighted by Crippen LogP contribution is -2.34. The second-order valence-electron chi connectivity index (χ2n) is 4.75. The predicted octanol–water partition coefficient (Wildman–Crippen LogP) is 1.71. The Morgan fingerprint density at radius 2 is 1.84 bits per heavy atom. The van der Waals surface area contributed by atoms with Crippen LogP contribution in [0.2, 0.25) is 0 Å². The van der Waals surface area contributed by atoms with E-state index in [2.05, 4.69) is 5.32 Å². The van der Waals surface area contributed by atoms with E-state index in [1.54, 1.807) is 16.4 Å². The summed E-state index contributed by atoms with van der Waals surface area (Å²) in [6.07, 6.45) is 0.865. The van der Waals surface area contributed by atoms with E-state index in [0.717, 1.165) is 30.6 Å². The van der Waals surface area contributed by atoms with Crippen LogP contribution in [0.1, 0.15) is 17.5 Å². The number of benzene rings is 1. The summed E-state index contributed by atoms with van der Waals surface area (Å²) in [7, 11) is -3.33. The van der Waals surface area contributed by atoms with E-state index >= 15 is 0 Å². The van der Waals surface area contributed by atoms with Crippen LogP contribution in [0.3, 0.4) is 0 Å². The number of nitrogens with zero attached hydrogens (tertiary/aromatic N) is 1. The predicted molar refractivity (Wildman–Crippen MR) is 79.4 cm³/mol. The van der Waals surface area contributed by atoms with E-state index in [-0.39, 0.29) is 12.4 Å². The zero-order valence-electron chi connectivity index (χ0n) is 11.3. The average molecular weight is 305 g/mol. The average Bonchev–Trinajstić information content (AvgIpc) is 2.61. The Labute approximate surface area is 121 Å². The summed E-state index contributed by atoms with van der Waals surface area (Å²) in [6.45, 7) is 6.69. The van der Waals surface area contributed by atoms with E-state index in [0.29, 0.717) is 18.0 Å². The lowest BCUT2D eigenvalue weighted by molar-refractivity contribution is 0.432. The highest BCUT2D eigenvalue weighted by Gasteiger charge is 2.25. The van der Waals surface area contributed by atoms with Crippen molar-refractivity contribution in [3.8, 4) is 0 Å². The summed E-state index contributed by atoms with van der Waals surface area (Å²) >= 11 is 0. The minimum absolute atomic E-state index is 0. The molecule has 0 saturated carbocycles. The first kappa shape index (κ1) is 16.4. The molecule has 108 valence electrons. The fraction of sp³-hybridized carbons (Fsp3) is 0.538. The molecule has 1 aromatic carbocycles. The second kappa shape index (κ2) is 6.70. The fourth-order valence-electron chi connectivity index (χ4n) is 2.08. The summed E-state index contributed by atoms with van der Waals surface area (Å²) < 4.78 is 26.6. The minimum atomic E-state index is -3.33. The third-order valence-electron chi connectivity index (χ3n) is 3.42.